The molecule has 1 amide bonds. The van der Waals surface area contributed by atoms with Gasteiger partial charge in [-0.2, -0.15) is 0 Å². The summed E-state index contributed by atoms with van der Waals surface area (Å²) in [6.07, 6.45) is 4.29. The molecule has 124 valence electrons. The first-order valence-corrected chi connectivity index (χ1v) is 8.11. The maximum Gasteiger partial charge on any atom is 0.217 e. The van der Waals surface area contributed by atoms with Crippen LogP contribution in [-0.4, -0.2) is 37.7 Å². The zero-order valence-electron chi connectivity index (χ0n) is 13.9. The van der Waals surface area contributed by atoms with Gasteiger partial charge >= 0.3 is 0 Å². The van der Waals surface area contributed by atoms with Crippen LogP contribution in [0.25, 0.3) is 0 Å². The first-order valence-electron chi connectivity index (χ1n) is 8.11. The number of carbonyl (C=O) groups excluding carboxylic acids is 1. The Kier molecular flexibility index (Phi) is 4.41. The number of hydrogen-bond donors (Lipinski definition) is 1. The lowest BCUT2D eigenvalue weighted by Crippen LogP contribution is -2.41. The second-order valence-electron chi connectivity index (χ2n) is 6.23. The van der Waals surface area contributed by atoms with E-state index in [1.165, 1.54) is 12.6 Å². The number of carbonyl (C=O) groups is 1. The van der Waals surface area contributed by atoms with Crippen molar-refractivity contribution in [2.45, 2.75) is 38.8 Å². The topological polar surface area (TPSA) is 50.8 Å². The monoisotopic (exact) mass is 316 g/mol. The van der Waals surface area contributed by atoms with Crippen molar-refractivity contribution >= 4 is 11.6 Å². The largest absolute Gasteiger partial charge is 0.364 e. The molecule has 1 fully saturated rings. The molecule has 0 spiro atoms. The molecule has 2 aliphatic heterocycles. The van der Waals surface area contributed by atoms with E-state index < -0.39 is 5.79 Å². The van der Waals surface area contributed by atoms with Crippen LogP contribution in [0.15, 0.2) is 36.4 Å². The van der Waals surface area contributed by atoms with E-state index in [-0.39, 0.29) is 18.1 Å². The summed E-state index contributed by atoms with van der Waals surface area (Å²) in [5.41, 5.74) is 2.10. The molecule has 1 aromatic carbocycles. The molecule has 0 aromatic heterocycles. The van der Waals surface area contributed by atoms with Crippen molar-refractivity contribution in [2.24, 2.45) is 0 Å². The van der Waals surface area contributed by atoms with Crippen LogP contribution in [0, 0.1) is 0 Å². The smallest absolute Gasteiger partial charge is 0.217 e. The highest BCUT2D eigenvalue weighted by Gasteiger charge is 2.45. The minimum Gasteiger partial charge on any atom is -0.364 e. The molecular weight excluding hydrogens is 292 g/mol. The van der Waals surface area contributed by atoms with Gasteiger partial charge in [0.05, 0.1) is 18.8 Å². The number of anilines is 1. The highest BCUT2D eigenvalue weighted by molar-refractivity contribution is 5.72. The average Bonchev–Trinajstić information content (AvgIpc) is 3.15. The van der Waals surface area contributed by atoms with Crippen LogP contribution in [0.3, 0.4) is 0 Å². The van der Waals surface area contributed by atoms with Crippen molar-refractivity contribution in [1.29, 1.82) is 0 Å². The number of hydrogen-bond acceptors (Lipinski definition) is 4. The van der Waals surface area contributed by atoms with E-state index in [1.54, 1.807) is 0 Å². The van der Waals surface area contributed by atoms with Gasteiger partial charge in [-0.15, -0.1) is 0 Å². The highest BCUT2D eigenvalue weighted by atomic mass is 16.8. The van der Waals surface area contributed by atoms with Gasteiger partial charge in [-0.1, -0.05) is 24.3 Å². The van der Waals surface area contributed by atoms with Crippen LogP contribution in [-0.2, 0) is 20.1 Å². The summed E-state index contributed by atoms with van der Waals surface area (Å²) >= 11 is 0. The predicted molar refractivity (Wildman–Crippen MR) is 89.3 cm³/mol. The van der Waals surface area contributed by atoms with Gasteiger partial charge in [-0.3, -0.25) is 4.79 Å². The number of nitrogens with zero attached hydrogens (tertiary/aromatic N) is 1. The van der Waals surface area contributed by atoms with E-state index in [4.69, 9.17) is 9.47 Å². The quantitative estimate of drug-likeness (QED) is 0.865. The SMILES string of the molecule is CC(=O)NCC1(c2ccc(N3CC=CC3)cc2)O[C@H](C)[C@@H](C)O1. The lowest BCUT2D eigenvalue weighted by atomic mass is 10.0. The Hall–Kier alpha value is -1.85. The minimum atomic E-state index is -0.910. The fourth-order valence-electron chi connectivity index (χ4n) is 3.00. The number of rotatable bonds is 4. The maximum absolute atomic E-state index is 11.3. The van der Waals surface area contributed by atoms with Crippen molar-refractivity contribution < 1.29 is 14.3 Å². The van der Waals surface area contributed by atoms with Gasteiger partial charge < -0.3 is 19.7 Å². The Balaban J connectivity index is 1.83. The molecule has 0 saturated carbocycles. The number of nitrogens with one attached hydrogen (secondary N) is 1. The summed E-state index contributed by atoms with van der Waals surface area (Å²) in [5, 5.41) is 2.83. The summed E-state index contributed by atoms with van der Waals surface area (Å²) in [6, 6.07) is 8.22. The molecule has 2 atom stereocenters. The van der Waals surface area contributed by atoms with E-state index in [0.717, 1.165) is 18.7 Å². The Morgan fingerprint density at radius 3 is 2.26 bits per heavy atom. The molecule has 1 N–H and O–H groups in total. The van der Waals surface area contributed by atoms with Gasteiger partial charge in [0.1, 0.15) is 0 Å². The number of benzene rings is 1. The van der Waals surface area contributed by atoms with E-state index in [1.807, 2.05) is 26.0 Å². The third-order valence-corrected chi connectivity index (χ3v) is 4.47. The van der Waals surface area contributed by atoms with Crippen molar-refractivity contribution in [3.8, 4) is 0 Å². The van der Waals surface area contributed by atoms with Crippen LogP contribution in [0.2, 0.25) is 0 Å². The normalized spacial score (nSPS) is 25.8. The summed E-state index contributed by atoms with van der Waals surface area (Å²) < 4.78 is 12.2. The summed E-state index contributed by atoms with van der Waals surface area (Å²) in [6.45, 7) is 7.67. The molecule has 0 aliphatic carbocycles. The maximum atomic E-state index is 11.3. The van der Waals surface area contributed by atoms with E-state index in [9.17, 15) is 4.79 Å². The van der Waals surface area contributed by atoms with E-state index in [0.29, 0.717) is 6.54 Å². The highest BCUT2D eigenvalue weighted by Crippen LogP contribution is 2.38. The average molecular weight is 316 g/mol. The van der Waals surface area contributed by atoms with Gasteiger partial charge in [0.15, 0.2) is 0 Å². The summed E-state index contributed by atoms with van der Waals surface area (Å²) in [4.78, 5) is 13.6. The second-order valence-corrected chi connectivity index (χ2v) is 6.23. The van der Waals surface area contributed by atoms with Gasteiger partial charge in [-0.25, -0.2) is 0 Å². The van der Waals surface area contributed by atoms with Gasteiger partial charge in [0.2, 0.25) is 11.7 Å². The van der Waals surface area contributed by atoms with E-state index in [2.05, 4.69) is 34.5 Å². The van der Waals surface area contributed by atoms with Crippen LogP contribution >= 0.6 is 0 Å². The molecule has 2 aliphatic rings. The second kappa shape index (κ2) is 6.34. The van der Waals surface area contributed by atoms with Crippen molar-refractivity contribution in [3.63, 3.8) is 0 Å². The molecule has 0 unspecified atom stereocenters. The fourth-order valence-corrected chi connectivity index (χ4v) is 3.00. The Morgan fingerprint density at radius 1 is 1.17 bits per heavy atom. The molecule has 1 aromatic rings. The van der Waals surface area contributed by atoms with Crippen molar-refractivity contribution in [3.05, 3.63) is 42.0 Å². The Labute approximate surface area is 137 Å². The summed E-state index contributed by atoms with van der Waals surface area (Å²) in [7, 11) is 0. The zero-order valence-corrected chi connectivity index (χ0v) is 13.9. The molecule has 2 heterocycles. The Bertz CT molecular complexity index is 579. The third kappa shape index (κ3) is 3.26. The van der Waals surface area contributed by atoms with Crippen LogP contribution in [0.5, 0.6) is 0 Å². The lowest BCUT2D eigenvalue weighted by molar-refractivity contribution is -0.179. The van der Waals surface area contributed by atoms with Crippen molar-refractivity contribution in [2.75, 3.05) is 24.5 Å². The predicted octanol–water partition coefficient (Wildman–Crippen LogP) is 2.18. The molecule has 0 radical (unpaired) electrons. The number of amides is 1. The molecule has 3 rings (SSSR count). The first kappa shape index (κ1) is 16.0. The molecule has 0 bridgehead atoms. The van der Waals surface area contributed by atoms with Crippen molar-refractivity contribution in [1.82, 2.24) is 5.32 Å². The van der Waals surface area contributed by atoms with Crippen LogP contribution in [0.1, 0.15) is 26.3 Å². The molecule has 5 nitrogen and oxygen atoms in total. The van der Waals surface area contributed by atoms with Gasteiger partial charge in [0.25, 0.3) is 0 Å². The fraction of sp³-hybridized carbons (Fsp3) is 0.500. The number of ether oxygens (including phenoxy) is 2. The van der Waals surface area contributed by atoms with E-state index >= 15 is 0 Å². The molecule has 5 heteroatoms. The van der Waals surface area contributed by atoms with Crippen LogP contribution < -0.4 is 10.2 Å². The zero-order chi connectivity index (χ0) is 16.4. The first-order chi connectivity index (χ1) is 11.0. The standard InChI is InChI=1S/C18H24N2O3/c1-13-14(2)23-18(22-13,12-19-15(3)21)16-6-8-17(9-7-16)20-10-4-5-11-20/h4-9,13-14H,10-12H2,1-3H3,(H,19,21)/t13-,14-/m1/s1. The molecule has 23 heavy (non-hydrogen) atoms. The minimum absolute atomic E-state index is 0.0220. The lowest BCUT2D eigenvalue weighted by Gasteiger charge is -2.29. The third-order valence-electron chi connectivity index (χ3n) is 4.47. The summed E-state index contributed by atoms with van der Waals surface area (Å²) in [5.74, 6) is -1.00. The van der Waals surface area contributed by atoms with Gasteiger partial charge in [0, 0.05) is 31.3 Å². The van der Waals surface area contributed by atoms with Crippen LogP contribution in [0.4, 0.5) is 5.69 Å². The van der Waals surface area contributed by atoms with Gasteiger partial charge in [-0.05, 0) is 26.0 Å². The Morgan fingerprint density at radius 2 is 1.74 bits per heavy atom. The molecular formula is C18H24N2O3. The molecule has 1 saturated heterocycles.